The number of aromatic nitrogens is 1. The third kappa shape index (κ3) is 4.04. The van der Waals surface area contributed by atoms with E-state index < -0.39 is 0 Å². The molecule has 154 valence electrons. The van der Waals surface area contributed by atoms with Crippen LogP contribution in [0.2, 0.25) is 5.02 Å². The Hall–Kier alpha value is -2.32. The maximum absolute atomic E-state index is 13.3. The normalized spacial score (nSPS) is 18.7. The van der Waals surface area contributed by atoms with Crippen LogP contribution in [0.15, 0.2) is 29.8 Å². The molecule has 2 aliphatic heterocycles. The number of carbonyl (C=O) groups is 2. The van der Waals surface area contributed by atoms with Crippen molar-refractivity contribution < 1.29 is 9.59 Å². The van der Waals surface area contributed by atoms with Gasteiger partial charge in [-0.05, 0) is 17.7 Å². The van der Waals surface area contributed by atoms with Gasteiger partial charge in [0.15, 0.2) is 5.13 Å². The topological polar surface area (TPSA) is 60.0 Å². The molecule has 1 aromatic carbocycles. The molecule has 1 atom stereocenters. The fourth-order valence-electron chi connectivity index (χ4n) is 3.88. The van der Waals surface area contributed by atoms with Crippen molar-refractivity contribution in [2.24, 2.45) is 0 Å². The molecule has 9 heteroatoms. The van der Waals surface area contributed by atoms with Crippen LogP contribution in [0.25, 0.3) is 0 Å². The smallest absolute Gasteiger partial charge is 0.241 e. The summed E-state index contributed by atoms with van der Waals surface area (Å²) in [5, 5.41) is 3.58. The van der Waals surface area contributed by atoms with E-state index in [2.05, 4.69) is 9.88 Å². The van der Waals surface area contributed by atoms with Gasteiger partial charge >= 0.3 is 0 Å². The van der Waals surface area contributed by atoms with Crippen molar-refractivity contribution in [2.75, 3.05) is 63.2 Å². The van der Waals surface area contributed by atoms with E-state index in [1.807, 2.05) is 39.6 Å². The van der Waals surface area contributed by atoms with Gasteiger partial charge in [-0.1, -0.05) is 17.7 Å². The van der Waals surface area contributed by atoms with Crippen LogP contribution in [0.5, 0.6) is 0 Å². The van der Waals surface area contributed by atoms with Crippen molar-refractivity contribution in [1.82, 2.24) is 14.8 Å². The van der Waals surface area contributed by atoms with Crippen LogP contribution in [0, 0.1) is 0 Å². The number of likely N-dealkylation sites (N-methyl/N-ethyl adjacent to an activating group) is 1. The van der Waals surface area contributed by atoms with E-state index in [1.165, 1.54) is 0 Å². The van der Waals surface area contributed by atoms with Crippen LogP contribution in [0.3, 0.4) is 0 Å². The van der Waals surface area contributed by atoms with E-state index >= 15 is 0 Å². The fraction of sp³-hybridized carbons (Fsp3) is 0.450. The van der Waals surface area contributed by atoms with Gasteiger partial charge in [0.2, 0.25) is 11.8 Å². The van der Waals surface area contributed by atoms with Crippen LogP contribution in [0.4, 0.5) is 10.8 Å². The zero-order valence-electron chi connectivity index (χ0n) is 16.5. The quantitative estimate of drug-likeness (QED) is 0.739. The SMILES string of the molecule is CN(C)C(=O)CN1CC(C(=O)N2CCN(c3nccs3)CC2)c2ccc(Cl)cc21. The first-order chi connectivity index (χ1) is 13.9. The first-order valence-electron chi connectivity index (χ1n) is 9.62. The van der Waals surface area contributed by atoms with Gasteiger partial charge < -0.3 is 19.6 Å². The van der Waals surface area contributed by atoms with E-state index in [9.17, 15) is 9.59 Å². The maximum Gasteiger partial charge on any atom is 0.241 e. The number of thiazole rings is 1. The summed E-state index contributed by atoms with van der Waals surface area (Å²) in [6.07, 6.45) is 1.81. The Morgan fingerprint density at radius 2 is 2.00 bits per heavy atom. The van der Waals surface area contributed by atoms with Gasteiger partial charge in [0.05, 0.1) is 12.5 Å². The summed E-state index contributed by atoms with van der Waals surface area (Å²) < 4.78 is 0. The first kappa shape index (κ1) is 20.0. The average molecular weight is 434 g/mol. The Morgan fingerprint density at radius 3 is 2.66 bits per heavy atom. The molecule has 0 bridgehead atoms. The minimum absolute atomic E-state index is 0.00101. The lowest BCUT2D eigenvalue weighted by molar-refractivity contribution is -0.133. The van der Waals surface area contributed by atoms with Crippen molar-refractivity contribution in [1.29, 1.82) is 0 Å². The number of rotatable bonds is 4. The third-order valence-corrected chi connectivity index (χ3v) is 6.58. The molecule has 2 aromatic rings. The minimum atomic E-state index is -0.274. The standard InChI is InChI=1S/C20H24ClN5O2S/c1-23(2)18(27)13-26-12-16(15-4-3-14(21)11-17(15)26)19(28)24-6-8-25(9-7-24)20-22-5-10-29-20/h3-5,10-11,16H,6-9,12-13H2,1-2H3. The summed E-state index contributed by atoms with van der Waals surface area (Å²) in [6, 6.07) is 5.60. The van der Waals surface area contributed by atoms with E-state index in [-0.39, 0.29) is 24.3 Å². The Balaban J connectivity index is 1.48. The van der Waals surface area contributed by atoms with E-state index in [0.717, 1.165) is 29.5 Å². The van der Waals surface area contributed by atoms with Crippen LogP contribution in [0.1, 0.15) is 11.5 Å². The van der Waals surface area contributed by atoms with Crippen LogP contribution < -0.4 is 9.80 Å². The zero-order valence-corrected chi connectivity index (χ0v) is 18.1. The molecule has 29 heavy (non-hydrogen) atoms. The summed E-state index contributed by atoms with van der Waals surface area (Å²) in [4.78, 5) is 37.7. The molecule has 7 nitrogen and oxygen atoms in total. The highest BCUT2D eigenvalue weighted by Gasteiger charge is 2.37. The zero-order chi connectivity index (χ0) is 20.5. The molecule has 1 fully saturated rings. The fourth-order valence-corrected chi connectivity index (χ4v) is 4.74. The van der Waals surface area contributed by atoms with Crippen molar-refractivity contribution in [3.8, 4) is 0 Å². The second-order valence-electron chi connectivity index (χ2n) is 7.55. The Labute approximate surface area is 179 Å². The Morgan fingerprint density at radius 1 is 1.24 bits per heavy atom. The summed E-state index contributed by atoms with van der Waals surface area (Å²) in [6.45, 7) is 3.65. The molecule has 2 aliphatic rings. The number of hydrogen-bond acceptors (Lipinski definition) is 6. The molecular formula is C20H24ClN5O2S. The third-order valence-electron chi connectivity index (χ3n) is 5.52. The predicted molar refractivity (Wildman–Crippen MR) is 116 cm³/mol. The van der Waals surface area contributed by atoms with Crippen LogP contribution in [-0.4, -0.2) is 80.0 Å². The van der Waals surface area contributed by atoms with Gasteiger partial charge in [-0.25, -0.2) is 4.98 Å². The van der Waals surface area contributed by atoms with Crippen molar-refractivity contribution in [2.45, 2.75) is 5.92 Å². The van der Waals surface area contributed by atoms with Crippen molar-refractivity contribution >= 4 is 45.6 Å². The number of halogens is 1. The predicted octanol–water partition coefficient (Wildman–Crippen LogP) is 2.14. The van der Waals surface area contributed by atoms with Gasteiger partial charge in [-0.15, -0.1) is 11.3 Å². The van der Waals surface area contributed by atoms with Crippen molar-refractivity contribution in [3.63, 3.8) is 0 Å². The molecule has 4 rings (SSSR count). The lowest BCUT2D eigenvalue weighted by atomic mass is 9.99. The second kappa shape index (κ2) is 8.20. The maximum atomic E-state index is 13.3. The number of fused-ring (bicyclic) bond motifs is 1. The molecule has 0 aliphatic carbocycles. The summed E-state index contributed by atoms with van der Waals surface area (Å²) >= 11 is 7.82. The minimum Gasteiger partial charge on any atom is -0.361 e. The van der Waals surface area contributed by atoms with E-state index in [4.69, 9.17) is 11.6 Å². The highest BCUT2D eigenvalue weighted by molar-refractivity contribution is 7.13. The molecule has 2 amide bonds. The van der Waals surface area contributed by atoms with Gasteiger partial charge in [-0.3, -0.25) is 9.59 Å². The number of piperazine rings is 1. The number of nitrogens with zero attached hydrogens (tertiary/aromatic N) is 5. The molecule has 1 aromatic heterocycles. The summed E-state index contributed by atoms with van der Waals surface area (Å²) in [5.41, 5.74) is 1.83. The lowest BCUT2D eigenvalue weighted by Gasteiger charge is -2.36. The van der Waals surface area contributed by atoms with E-state index in [1.54, 1.807) is 30.3 Å². The molecule has 0 spiro atoms. The monoisotopic (exact) mass is 433 g/mol. The summed E-state index contributed by atoms with van der Waals surface area (Å²) in [5.74, 6) is -0.156. The van der Waals surface area contributed by atoms with Crippen molar-refractivity contribution in [3.05, 3.63) is 40.4 Å². The molecule has 0 radical (unpaired) electrons. The van der Waals surface area contributed by atoms with Crippen LogP contribution >= 0.6 is 22.9 Å². The Bertz CT molecular complexity index is 896. The molecule has 1 saturated heterocycles. The molecule has 3 heterocycles. The molecular weight excluding hydrogens is 410 g/mol. The number of hydrogen-bond donors (Lipinski definition) is 0. The molecule has 1 unspecified atom stereocenters. The average Bonchev–Trinajstić information content (AvgIpc) is 3.36. The van der Waals surface area contributed by atoms with Gasteiger partial charge in [0.25, 0.3) is 0 Å². The van der Waals surface area contributed by atoms with Gasteiger partial charge in [0.1, 0.15) is 0 Å². The molecule has 0 saturated carbocycles. The van der Waals surface area contributed by atoms with E-state index in [0.29, 0.717) is 24.7 Å². The first-order valence-corrected chi connectivity index (χ1v) is 10.9. The highest BCUT2D eigenvalue weighted by atomic mass is 35.5. The lowest BCUT2D eigenvalue weighted by Crippen LogP contribution is -2.50. The van der Waals surface area contributed by atoms with Crippen LogP contribution in [-0.2, 0) is 9.59 Å². The number of anilines is 2. The number of amides is 2. The van der Waals surface area contributed by atoms with Gasteiger partial charge in [-0.2, -0.15) is 0 Å². The second-order valence-corrected chi connectivity index (χ2v) is 8.86. The number of benzene rings is 1. The summed E-state index contributed by atoms with van der Waals surface area (Å²) in [7, 11) is 3.48. The molecule has 0 N–H and O–H groups in total. The largest absolute Gasteiger partial charge is 0.361 e. The number of carbonyl (C=O) groups excluding carboxylic acids is 2. The van der Waals surface area contributed by atoms with Gasteiger partial charge in [0, 0.05) is 69.1 Å². The highest BCUT2D eigenvalue weighted by Crippen LogP contribution is 2.39. The Kier molecular flexibility index (Phi) is 5.65.